The Morgan fingerprint density at radius 3 is 2.49 bits per heavy atom. The van der Waals surface area contributed by atoms with Crippen LogP contribution in [-0.4, -0.2) is 58.0 Å². The Balaban J connectivity index is 1.25. The molecule has 2 amide bonds. The van der Waals surface area contributed by atoms with Gasteiger partial charge in [0.15, 0.2) is 5.82 Å². The zero-order chi connectivity index (χ0) is 30.3. The number of nitrogens with zero attached hydrogens (tertiary/aromatic N) is 5. The summed E-state index contributed by atoms with van der Waals surface area (Å²) in [6.45, 7) is 9.36. The smallest absolute Gasteiger partial charge is 0.269 e. The number of amides is 2. The van der Waals surface area contributed by atoms with Gasteiger partial charge in [-0.1, -0.05) is 32.9 Å². The molecule has 2 aromatic heterocycles. The minimum Gasteiger partial charge on any atom is -0.378 e. The zero-order valence-corrected chi connectivity index (χ0v) is 25.2. The molecule has 2 aliphatic rings. The number of anilines is 4. The summed E-state index contributed by atoms with van der Waals surface area (Å²) in [6, 6.07) is 14.9. The number of nitrogens with one attached hydrogen (secondary N) is 1. The van der Waals surface area contributed by atoms with E-state index < -0.39 is 0 Å². The molecule has 4 heterocycles. The van der Waals surface area contributed by atoms with Crippen LogP contribution in [0, 0.1) is 0 Å². The highest BCUT2D eigenvalue weighted by atomic mass is 32.1. The Kier molecular flexibility index (Phi) is 7.59. The number of morpholine rings is 1. The molecule has 2 aromatic carbocycles. The molecule has 43 heavy (non-hydrogen) atoms. The summed E-state index contributed by atoms with van der Waals surface area (Å²) in [5.74, 6) is 0.562. The first-order valence-electron chi connectivity index (χ1n) is 14.2. The predicted molar refractivity (Wildman–Crippen MR) is 168 cm³/mol. The summed E-state index contributed by atoms with van der Waals surface area (Å²) in [7, 11) is 0. The number of carbonyl (C=O) groups is 2. The van der Waals surface area contributed by atoms with Gasteiger partial charge in [-0.25, -0.2) is 0 Å². The summed E-state index contributed by atoms with van der Waals surface area (Å²) < 4.78 is 5.34. The molecule has 0 bridgehead atoms. The van der Waals surface area contributed by atoms with Crippen LogP contribution < -0.4 is 21.7 Å². The van der Waals surface area contributed by atoms with Crippen LogP contribution in [0.25, 0.3) is 11.4 Å². The number of rotatable bonds is 6. The molecular formula is C31H34N8O3S. The van der Waals surface area contributed by atoms with E-state index in [9.17, 15) is 9.59 Å². The van der Waals surface area contributed by atoms with Gasteiger partial charge in [-0.3, -0.25) is 9.59 Å². The van der Waals surface area contributed by atoms with Crippen molar-refractivity contribution in [3.8, 4) is 11.4 Å². The van der Waals surface area contributed by atoms with E-state index in [1.54, 1.807) is 45.4 Å². The van der Waals surface area contributed by atoms with Gasteiger partial charge < -0.3 is 31.3 Å². The third kappa shape index (κ3) is 5.68. The van der Waals surface area contributed by atoms with Crippen molar-refractivity contribution in [1.29, 1.82) is 0 Å². The van der Waals surface area contributed by atoms with Gasteiger partial charge in [0, 0.05) is 52.6 Å². The molecule has 4 aromatic rings. The molecule has 0 aliphatic carbocycles. The lowest BCUT2D eigenvalue weighted by molar-refractivity contribution is 0.0303. The van der Waals surface area contributed by atoms with Crippen LogP contribution in [0.5, 0.6) is 0 Å². The molecule has 0 saturated carbocycles. The molecule has 6 rings (SSSR count). The second-order valence-electron chi connectivity index (χ2n) is 11.6. The van der Waals surface area contributed by atoms with E-state index in [-0.39, 0.29) is 35.7 Å². The van der Waals surface area contributed by atoms with Crippen LogP contribution in [0.1, 0.15) is 56.8 Å². The van der Waals surface area contributed by atoms with Gasteiger partial charge in [-0.2, -0.15) is 15.0 Å². The molecule has 0 radical (unpaired) electrons. The summed E-state index contributed by atoms with van der Waals surface area (Å²) in [5.41, 5.74) is 16.8. The Bertz CT molecular complexity index is 1690. The fourth-order valence-electron chi connectivity index (χ4n) is 5.25. The topological polar surface area (TPSA) is 153 Å². The summed E-state index contributed by atoms with van der Waals surface area (Å²) >= 11 is 1.56. The number of nitrogens with two attached hydrogens (primary N) is 2. The van der Waals surface area contributed by atoms with Crippen molar-refractivity contribution in [2.45, 2.75) is 39.3 Å². The van der Waals surface area contributed by atoms with Crippen molar-refractivity contribution >= 4 is 46.4 Å². The molecule has 11 nitrogen and oxygen atoms in total. The number of thiophene rings is 1. The number of hydrogen-bond donors (Lipinski definition) is 3. The number of nitrogen functional groups attached to an aromatic ring is 1. The molecule has 1 fully saturated rings. The summed E-state index contributed by atoms with van der Waals surface area (Å²) in [5, 5.41) is 3.16. The Labute approximate surface area is 253 Å². The highest BCUT2D eigenvalue weighted by Gasteiger charge is 2.34. The van der Waals surface area contributed by atoms with Crippen molar-refractivity contribution < 1.29 is 14.3 Å². The molecule has 1 saturated heterocycles. The van der Waals surface area contributed by atoms with Crippen molar-refractivity contribution in [3.63, 3.8) is 0 Å². The fourth-order valence-corrected chi connectivity index (χ4v) is 6.43. The molecule has 0 atom stereocenters. The van der Waals surface area contributed by atoms with E-state index in [1.807, 2.05) is 18.2 Å². The maximum absolute atomic E-state index is 13.5. The number of carbonyl (C=O) groups excluding carboxylic acids is 2. The average Bonchev–Trinajstić information content (AvgIpc) is 3.56. The molecule has 0 unspecified atom stereocenters. The van der Waals surface area contributed by atoms with Crippen LogP contribution in [0.4, 0.5) is 23.3 Å². The Morgan fingerprint density at radius 2 is 1.81 bits per heavy atom. The molecule has 222 valence electrons. The van der Waals surface area contributed by atoms with E-state index in [2.05, 4.69) is 47.1 Å². The van der Waals surface area contributed by atoms with Gasteiger partial charge in [0.05, 0.1) is 24.6 Å². The number of hydrogen-bond acceptors (Lipinski definition) is 10. The largest absolute Gasteiger partial charge is 0.378 e. The lowest BCUT2D eigenvalue weighted by Crippen LogP contribution is -2.40. The lowest BCUT2D eigenvalue weighted by atomic mass is 9.94. The second kappa shape index (κ2) is 11.4. The van der Waals surface area contributed by atoms with E-state index in [4.69, 9.17) is 16.2 Å². The molecule has 12 heteroatoms. The molecular weight excluding hydrogens is 564 g/mol. The first-order chi connectivity index (χ1) is 20.6. The van der Waals surface area contributed by atoms with Crippen LogP contribution in [0.15, 0.2) is 48.5 Å². The maximum atomic E-state index is 13.5. The van der Waals surface area contributed by atoms with Crippen molar-refractivity contribution in [3.05, 3.63) is 75.0 Å². The number of ether oxygens (including phenoxy) is 1. The first kappa shape index (κ1) is 28.7. The van der Waals surface area contributed by atoms with Gasteiger partial charge >= 0.3 is 0 Å². The fraction of sp³-hybridized carbons (Fsp3) is 0.323. The van der Waals surface area contributed by atoms with Crippen LogP contribution in [0.2, 0.25) is 0 Å². The van der Waals surface area contributed by atoms with Crippen molar-refractivity contribution in [1.82, 2.24) is 19.9 Å². The highest BCUT2D eigenvalue weighted by molar-refractivity contribution is 7.14. The first-order valence-corrected chi connectivity index (χ1v) is 15.0. The van der Waals surface area contributed by atoms with Gasteiger partial charge in [0.25, 0.3) is 11.8 Å². The van der Waals surface area contributed by atoms with Crippen molar-refractivity contribution in [2.75, 3.05) is 42.3 Å². The van der Waals surface area contributed by atoms with Crippen LogP contribution in [0.3, 0.4) is 0 Å². The summed E-state index contributed by atoms with van der Waals surface area (Å²) in [4.78, 5) is 45.1. The Morgan fingerprint density at radius 1 is 1.07 bits per heavy atom. The highest BCUT2D eigenvalue weighted by Crippen LogP contribution is 2.40. The number of aromatic nitrogens is 3. The van der Waals surface area contributed by atoms with Crippen molar-refractivity contribution in [2.24, 2.45) is 5.73 Å². The molecule has 2 aliphatic heterocycles. The SMILES string of the molecule is CC(C)(C)c1cc2c(s1)C(=O)N(c1cccc(-c3nc(N)nc(Nc4ccc(C(=O)N5CCOCC5)cc4)n3)c1CN)C2. The quantitative estimate of drug-likeness (QED) is 0.295. The van der Waals surface area contributed by atoms with E-state index in [1.165, 1.54) is 4.88 Å². The van der Waals surface area contributed by atoms with E-state index in [0.29, 0.717) is 55.5 Å². The minimum atomic E-state index is -0.0320. The molecule has 5 N–H and O–H groups in total. The number of benzene rings is 2. The lowest BCUT2D eigenvalue weighted by Gasteiger charge is -2.26. The van der Waals surface area contributed by atoms with E-state index >= 15 is 0 Å². The zero-order valence-electron chi connectivity index (χ0n) is 24.4. The van der Waals surface area contributed by atoms with E-state index in [0.717, 1.165) is 21.7 Å². The summed E-state index contributed by atoms with van der Waals surface area (Å²) in [6.07, 6.45) is 0. The monoisotopic (exact) mass is 598 g/mol. The third-order valence-corrected chi connectivity index (χ3v) is 9.13. The van der Waals surface area contributed by atoms with Gasteiger partial charge in [0.1, 0.15) is 0 Å². The Hall–Kier alpha value is -4.39. The van der Waals surface area contributed by atoms with Gasteiger partial charge in [-0.05, 0) is 47.4 Å². The minimum absolute atomic E-state index is 0.0187. The van der Waals surface area contributed by atoms with Crippen LogP contribution >= 0.6 is 11.3 Å². The maximum Gasteiger partial charge on any atom is 0.269 e. The third-order valence-electron chi connectivity index (χ3n) is 7.54. The van der Waals surface area contributed by atoms with Crippen LogP contribution in [-0.2, 0) is 23.2 Å². The second-order valence-corrected chi connectivity index (χ2v) is 12.6. The predicted octanol–water partition coefficient (Wildman–Crippen LogP) is 4.31. The number of fused-ring (bicyclic) bond motifs is 1. The van der Waals surface area contributed by atoms with Gasteiger partial charge in [0.2, 0.25) is 11.9 Å². The normalized spacial score (nSPS) is 15.1. The standard InChI is InChI=1S/C31H34N8O3S/c1-31(2,3)24-15-19-17-39(28(41)25(19)43-24)23-6-4-5-21(22(23)16-32)26-35-29(33)37-30(36-26)34-20-9-7-18(8-10-20)27(40)38-11-13-42-14-12-38/h4-10,15H,11-14,16-17,32H2,1-3H3,(H3,33,34,35,36,37). The van der Waals surface area contributed by atoms with Gasteiger partial charge in [-0.15, -0.1) is 11.3 Å². The molecule has 0 spiro atoms. The average molecular weight is 599 g/mol.